The summed E-state index contributed by atoms with van der Waals surface area (Å²) >= 11 is 0. The molecule has 238 valence electrons. The summed E-state index contributed by atoms with van der Waals surface area (Å²) in [6.07, 6.45) is 0. The number of benzene rings is 8. The van der Waals surface area contributed by atoms with Crippen molar-refractivity contribution < 1.29 is 4.42 Å². The van der Waals surface area contributed by atoms with Crippen LogP contribution in [0.25, 0.3) is 99.6 Å². The molecule has 8 aromatic carbocycles. The van der Waals surface area contributed by atoms with Crippen LogP contribution in [-0.2, 0) is 0 Å². The van der Waals surface area contributed by atoms with Crippen molar-refractivity contribution in [1.29, 1.82) is 0 Å². The SMILES string of the molecule is c1ccc(-c2nc(-c3ccc4cc(-c5ccc6c(c5)oc5ccccc56)ccc4c3)cc(-c3ccc(-c4ccccc4)c4ccccc34)n2)cc1. The van der Waals surface area contributed by atoms with Gasteiger partial charge in [0.15, 0.2) is 5.82 Å². The van der Waals surface area contributed by atoms with Crippen LogP contribution >= 0.6 is 0 Å². The average molecular weight is 651 g/mol. The van der Waals surface area contributed by atoms with Gasteiger partial charge in [0.2, 0.25) is 0 Å². The van der Waals surface area contributed by atoms with Gasteiger partial charge in [0.25, 0.3) is 0 Å². The molecule has 0 unspecified atom stereocenters. The molecule has 51 heavy (non-hydrogen) atoms. The van der Waals surface area contributed by atoms with E-state index in [-0.39, 0.29) is 0 Å². The lowest BCUT2D eigenvalue weighted by molar-refractivity contribution is 0.669. The van der Waals surface area contributed by atoms with Gasteiger partial charge in [0, 0.05) is 27.5 Å². The quantitative estimate of drug-likeness (QED) is 0.186. The molecule has 0 bridgehead atoms. The Morgan fingerprint density at radius 2 is 0.863 bits per heavy atom. The van der Waals surface area contributed by atoms with E-state index >= 15 is 0 Å². The summed E-state index contributed by atoms with van der Waals surface area (Å²) in [5, 5.41) is 6.96. The van der Waals surface area contributed by atoms with E-state index in [9.17, 15) is 0 Å². The second kappa shape index (κ2) is 11.9. The van der Waals surface area contributed by atoms with E-state index in [1.807, 2.05) is 30.3 Å². The number of rotatable bonds is 5. The maximum atomic E-state index is 6.19. The van der Waals surface area contributed by atoms with Gasteiger partial charge in [-0.15, -0.1) is 0 Å². The topological polar surface area (TPSA) is 38.9 Å². The molecule has 0 saturated carbocycles. The molecule has 0 radical (unpaired) electrons. The zero-order valence-electron chi connectivity index (χ0n) is 27.6. The van der Waals surface area contributed by atoms with Gasteiger partial charge in [-0.1, -0.05) is 146 Å². The van der Waals surface area contributed by atoms with Gasteiger partial charge in [0.1, 0.15) is 11.2 Å². The van der Waals surface area contributed by atoms with Crippen molar-refractivity contribution in [2.24, 2.45) is 0 Å². The number of para-hydroxylation sites is 1. The van der Waals surface area contributed by atoms with Crippen molar-refractivity contribution in [2.75, 3.05) is 0 Å². The van der Waals surface area contributed by atoms with E-state index in [0.29, 0.717) is 5.82 Å². The molecule has 2 heterocycles. The Bertz CT molecular complexity index is 2910. The summed E-state index contributed by atoms with van der Waals surface area (Å²) in [6.45, 7) is 0. The van der Waals surface area contributed by atoms with Gasteiger partial charge in [-0.05, 0) is 80.2 Å². The molecule has 0 aliphatic carbocycles. The predicted molar refractivity (Wildman–Crippen MR) is 212 cm³/mol. The zero-order valence-corrected chi connectivity index (χ0v) is 27.6. The molecule has 0 aliphatic rings. The molecule has 0 fully saturated rings. The summed E-state index contributed by atoms with van der Waals surface area (Å²) in [6, 6.07) is 63.9. The standard InChI is InChI=1S/C48H30N2O/c1-3-11-31(12-4-1)38-25-26-41(40-16-8-7-15-39(38)40)45-30-44(49-48(50-45)32-13-5-2-6-14-32)37-22-21-33-27-34(19-20-35(33)28-37)36-23-24-43-42-17-9-10-18-46(42)51-47(43)29-36/h1-30H. The van der Waals surface area contributed by atoms with Crippen LogP contribution < -0.4 is 0 Å². The molecule has 0 aliphatic heterocycles. The van der Waals surface area contributed by atoms with E-state index in [0.717, 1.165) is 71.9 Å². The van der Waals surface area contributed by atoms with Crippen molar-refractivity contribution in [3.63, 3.8) is 0 Å². The normalized spacial score (nSPS) is 11.5. The summed E-state index contributed by atoms with van der Waals surface area (Å²) < 4.78 is 6.19. The first-order chi connectivity index (χ1) is 25.2. The summed E-state index contributed by atoms with van der Waals surface area (Å²) in [5.41, 5.74) is 11.4. The van der Waals surface area contributed by atoms with Gasteiger partial charge in [-0.25, -0.2) is 9.97 Å². The van der Waals surface area contributed by atoms with Crippen molar-refractivity contribution in [3.05, 3.63) is 182 Å². The molecule has 0 saturated heterocycles. The Labute approximate surface area is 295 Å². The van der Waals surface area contributed by atoms with E-state index in [2.05, 4.69) is 152 Å². The summed E-state index contributed by atoms with van der Waals surface area (Å²) in [7, 11) is 0. The zero-order chi connectivity index (χ0) is 33.7. The molecule has 3 heteroatoms. The first-order valence-electron chi connectivity index (χ1n) is 17.2. The fraction of sp³-hybridized carbons (Fsp3) is 0. The van der Waals surface area contributed by atoms with Gasteiger partial charge < -0.3 is 4.42 Å². The number of nitrogens with zero attached hydrogens (tertiary/aromatic N) is 2. The van der Waals surface area contributed by atoms with Crippen LogP contribution in [0, 0.1) is 0 Å². The lowest BCUT2D eigenvalue weighted by atomic mass is 9.93. The Balaban J connectivity index is 1.08. The number of furan rings is 1. The third kappa shape index (κ3) is 5.15. The van der Waals surface area contributed by atoms with E-state index in [1.54, 1.807) is 0 Å². The first-order valence-corrected chi connectivity index (χ1v) is 17.2. The lowest BCUT2D eigenvalue weighted by Crippen LogP contribution is -1.97. The Morgan fingerprint density at radius 1 is 0.314 bits per heavy atom. The van der Waals surface area contributed by atoms with E-state index in [1.165, 1.54) is 21.9 Å². The first kappa shape index (κ1) is 29.1. The number of fused-ring (bicyclic) bond motifs is 5. The second-order valence-corrected chi connectivity index (χ2v) is 13.0. The van der Waals surface area contributed by atoms with Crippen molar-refractivity contribution in [3.8, 4) is 56.2 Å². The number of hydrogen-bond acceptors (Lipinski definition) is 3. The lowest BCUT2D eigenvalue weighted by Gasteiger charge is -2.14. The van der Waals surface area contributed by atoms with Crippen LogP contribution in [0.3, 0.4) is 0 Å². The van der Waals surface area contributed by atoms with Crippen molar-refractivity contribution >= 4 is 43.5 Å². The maximum absolute atomic E-state index is 6.19. The third-order valence-corrected chi connectivity index (χ3v) is 9.89. The predicted octanol–water partition coefficient (Wildman–Crippen LogP) is 13.0. The Hall–Kier alpha value is -6.84. The van der Waals surface area contributed by atoms with Crippen LogP contribution in [0.4, 0.5) is 0 Å². The minimum atomic E-state index is 0.704. The van der Waals surface area contributed by atoms with Crippen LogP contribution in [0.5, 0.6) is 0 Å². The van der Waals surface area contributed by atoms with Gasteiger partial charge in [-0.3, -0.25) is 0 Å². The Kier molecular flexibility index (Phi) is 6.81. The molecule has 0 N–H and O–H groups in total. The molecule has 0 spiro atoms. The minimum absolute atomic E-state index is 0.704. The van der Waals surface area contributed by atoms with E-state index < -0.39 is 0 Å². The fourth-order valence-electron chi connectivity index (χ4n) is 7.33. The van der Waals surface area contributed by atoms with Crippen LogP contribution in [0.15, 0.2) is 186 Å². The smallest absolute Gasteiger partial charge is 0.160 e. The fourth-order valence-corrected chi connectivity index (χ4v) is 7.33. The average Bonchev–Trinajstić information content (AvgIpc) is 3.58. The second-order valence-electron chi connectivity index (χ2n) is 13.0. The monoisotopic (exact) mass is 650 g/mol. The van der Waals surface area contributed by atoms with Gasteiger partial charge >= 0.3 is 0 Å². The highest BCUT2D eigenvalue weighted by Crippen LogP contribution is 2.38. The molecule has 0 atom stereocenters. The summed E-state index contributed by atoms with van der Waals surface area (Å²) in [4.78, 5) is 10.3. The molecule has 3 nitrogen and oxygen atoms in total. The van der Waals surface area contributed by atoms with Crippen molar-refractivity contribution in [1.82, 2.24) is 9.97 Å². The Morgan fingerprint density at radius 3 is 1.65 bits per heavy atom. The molecule has 0 amide bonds. The molecule has 10 aromatic rings. The van der Waals surface area contributed by atoms with Crippen LogP contribution in [0.2, 0.25) is 0 Å². The molecular formula is C48H30N2O. The highest BCUT2D eigenvalue weighted by Gasteiger charge is 2.15. The molecule has 10 rings (SSSR count). The van der Waals surface area contributed by atoms with Gasteiger partial charge in [0.05, 0.1) is 11.4 Å². The van der Waals surface area contributed by atoms with Crippen LogP contribution in [-0.4, -0.2) is 9.97 Å². The largest absolute Gasteiger partial charge is 0.456 e. The molecule has 2 aromatic heterocycles. The number of hydrogen-bond donors (Lipinski definition) is 0. The highest BCUT2D eigenvalue weighted by atomic mass is 16.3. The third-order valence-electron chi connectivity index (χ3n) is 9.89. The van der Waals surface area contributed by atoms with Crippen LogP contribution in [0.1, 0.15) is 0 Å². The molecular weight excluding hydrogens is 621 g/mol. The highest BCUT2D eigenvalue weighted by molar-refractivity contribution is 6.07. The maximum Gasteiger partial charge on any atom is 0.160 e. The summed E-state index contributed by atoms with van der Waals surface area (Å²) in [5.74, 6) is 0.704. The number of aromatic nitrogens is 2. The van der Waals surface area contributed by atoms with Crippen molar-refractivity contribution in [2.45, 2.75) is 0 Å². The van der Waals surface area contributed by atoms with E-state index in [4.69, 9.17) is 14.4 Å². The van der Waals surface area contributed by atoms with Gasteiger partial charge in [-0.2, -0.15) is 0 Å². The minimum Gasteiger partial charge on any atom is -0.456 e.